The molecule has 0 aliphatic carbocycles. The van der Waals surface area contributed by atoms with Gasteiger partial charge in [-0.05, 0) is 37.6 Å². The van der Waals surface area contributed by atoms with E-state index < -0.39 is 17.8 Å². The molecule has 0 radical (unpaired) electrons. The van der Waals surface area contributed by atoms with E-state index in [0.717, 1.165) is 36.2 Å². The highest BCUT2D eigenvalue weighted by molar-refractivity contribution is 5.88. The largest absolute Gasteiger partial charge is 0.674 e. The van der Waals surface area contributed by atoms with Crippen molar-refractivity contribution in [3.63, 3.8) is 0 Å². The molecule has 0 bridgehead atoms. The number of ether oxygens (including phenoxy) is 1. The Bertz CT molecular complexity index is 1240. The molecule has 170 valence electrons. The number of rotatable bonds is 3. The molecule has 1 N–H and O–H groups in total. The van der Waals surface area contributed by atoms with Crippen molar-refractivity contribution in [2.75, 3.05) is 7.11 Å². The van der Waals surface area contributed by atoms with Crippen molar-refractivity contribution < 1.29 is 27.1 Å². The summed E-state index contributed by atoms with van der Waals surface area (Å²) in [6.07, 6.45) is -3.35. The molecule has 9 nitrogen and oxygen atoms in total. The number of furan rings is 1. The quantitative estimate of drug-likeness (QED) is 0.429. The van der Waals surface area contributed by atoms with E-state index in [-0.39, 0.29) is 22.8 Å². The van der Waals surface area contributed by atoms with Crippen LogP contribution >= 0.6 is 0 Å². The van der Waals surface area contributed by atoms with Crippen LogP contribution in [0.1, 0.15) is 33.1 Å². The van der Waals surface area contributed by atoms with Gasteiger partial charge in [0.1, 0.15) is 5.69 Å². The monoisotopic (exact) mass is 449 g/mol. The van der Waals surface area contributed by atoms with Gasteiger partial charge in [-0.25, -0.2) is 14.3 Å². The summed E-state index contributed by atoms with van der Waals surface area (Å²) in [5, 5.41) is 7.78. The molecule has 4 rings (SSSR count). The minimum absolute atomic E-state index is 0.0128. The predicted octanol–water partition coefficient (Wildman–Crippen LogP) is 4.38. The number of hydrogen-bond acceptors (Lipinski definition) is 6. The standard InChI is InChI=1S/C13H8F3N3O3.C7H12N3/c1-21-12(20)8-6-11-17-7(9-3-2-4-22-9)5-10(13(14,15)16)19(11)18-8;1-5-7(4-8)6(2)10(3)9-5/h2-6H,1H3;8H,4H2,1-3H3/q;-1. The van der Waals surface area contributed by atoms with Crippen molar-refractivity contribution in [2.45, 2.75) is 26.6 Å². The maximum atomic E-state index is 13.2. The first kappa shape index (κ1) is 23.0. The fourth-order valence-electron chi connectivity index (χ4n) is 3.00. The lowest BCUT2D eigenvalue weighted by atomic mass is 10.2. The molecule has 0 aliphatic rings. The van der Waals surface area contributed by atoms with Crippen LogP contribution in [0.5, 0.6) is 0 Å². The van der Waals surface area contributed by atoms with Crippen molar-refractivity contribution in [1.82, 2.24) is 24.4 Å². The number of fused-ring (bicyclic) bond motifs is 1. The van der Waals surface area contributed by atoms with Gasteiger partial charge in [-0.1, -0.05) is 0 Å². The van der Waals surface area contributed by atoms with Crippen LogP contribution < -0.4 is 0 Å². The van der Waals surface area contributed by atoms with E-state index in [1.54, 1.807) is 0 Å². The number of hydrogen-bond donors (Lipinski definition) is 0. The summed E-state index contributed by atoms with van der Waals surface area (Å²) in [7, 11) is 3.01. The number of halogens is 3. The number of methoxy groups -OCH3 is 1. The topological polar surface area (TPSA) is 111 Å². The highest BCUT2D eigenvalue weighted by atomic mass is 19.4. The van der Waals surface area contributed by atoms with Crippen LogP contribution in [0.2, 0.25) is 0 Å². The third kappa shape index (κ3) is 4.49. The highest BCUT2D eigenvalue weighted by Gasteiger charge is 2.36. The van der Waals surface area contributed by atoms with Crippen molar-refractivity contribution >= 4 is 11.6 Å². The van der Waals surface area contributed by atoms with E-state index in [1.807, 2.05) is 25.6 Å². The Balaban J connectivity index is 0.000000243. The van der Waals surface area contributed by atoms with E-state index in [4.69, 9.17) is 10.2 Å². The Morgan fingerprint density at radius 2 is 1.97 bits per heavy atom. The van der Waals surface area contributed by atoms with Crippen LogP contribution in [0, 0.1) is 13.8 Å². The predicted molar refractivity (Wildman–Crippen MR) is 108 cm³/mol. The molecule has 0 aromatic carbocycles. The van der Waals surface area contributed by atoms with Gasteiger partial charge in [0.2, 0.25) is 0 Å². The minimum Gasteiger partial charge on any atom is -0.674 e. The van der Waals surface area contributed by atoms with Gasteiger partial charge in [-0.2, -0.15) is 23.4 Å². The lowest BCUT2D eigenvalue weighted by Gasteiger charge is -2.09. The van der Waals surface area contributed by atoms with Crippen LogP contribution in [-0.4, -0.2) is 37.5 Å². The Morgan fingerprint density at radius 3 is 2.44 bits per heavy atom. The molecule has 0 spiro atoms. The number of nitrogens with zero attached hydrogens (tertiary/aromatic N) is 5. The Hall–Kier alpha value is -3.67. The highest BCUT2D eigenvalue weighted by Crippen LogP contribution is 2.32. The zero-order chi connectivity index (χ0) is 23.6. The second kappa shape index (κ2) is 8.83. The molecule has 4 aromatic rings. The number of aryl methyl sites for hydroxylation is 2. The number of aromatic nitrogens is 5. The summed E-state index contributed by atoms with van der Waals surface area (Å²) in [5.41, 5.74) is 8.84. The summed E-state index contributed by atoms with van der Waals surface area (Å²) < 4.78 is 51.5. The van der Waals surface area contributed by atoms with Gasteiger partial charge in [0, 0.05) is 18.8 Å². The molecular formula is C20H20F3N6O3-. The van der Waals surface area contributed by atoms with Crippen LogP contribution in [-0.2, 0) is 24.5 Å². The van der Waals surface area contributed by atoms with Crippen molar-refractivity contribution in [3.05, 3.63) is 64.6 Å². The molecular weight excluding hydrogens is 429 g/mol. The van der Waals surface area contributed by atoms with E-state index in [2.05, 4.69) is 19.9 Å². The maximum Gasteiger partial charge on any atom is 0.433 e. The molecule has 0 amide bonds. The first-order valence-electron chi connectivity index (χ1n) is 9.30. The van der Waals surface area contributed by atoms with E-state index >= 15 is 0 Å². The van der Waals surface area contributed by atoms with Gasteiger partial charge < -0.3 is 14.9 Å². The molecule has 12 heteroatoms. The van der Waals surface area contributed by atoms with E-state index in [0.29, 0.717) is 11.1 Å². The van der Waals surface area contributed by atoms with Crippen molar-refractivity contribution in [2.24, 2.45) is 7.05 Å². The van der Waals surface area contributed by atoms with E-state index in [9.17, 15) is 18.0 Å². The summed E-state index contributed by atoms with van der Waals surface area (Å²) in [5.74, 6) is -0.674. The van der Waals surface area contributed by atoms with Crippen molar-refractivity contribution in [3.8, 4) is 11.5 Å². The second-order valence-electron chi connectivity index (χ2n) is 6.74. The molecule has 4 aromatic heterocycles. The summed E-state index contributed by atoms with van der Waals surface area (Å²) in [6.45, 7) is 4.27. The Morgan fingerprint density at radius 1 is 1.25 bits per heavy atom. The number of carbonyl (C=O) groups is 1. The average molecular weight is 449 g/mol. The van der Waals surface area contributed by atoms with Gasteiger partial charge in [0.15, 0.2) is 22.8 Å². The number of esters is 1. The maximum absolute atomic E-state index is 13.2. The third-order valence-corrected chi connectivity index (χ3v) is 4.72. The first-order valence-corrected chi connectivity index (χ1v) is 9.30. The molecule has 0 saturated carbocycles. The zero-order valence-electron chi connectivity index (χ0n) is 17.7. The minimum atomic E-state index is -4.68. The summed E-state index contributed by atoms with van der Waals surface area (Å²) in [4.78, 5) is 15.5. The molecule has 4 heterocycles. The fraction of sp³-hybridized carbons (Fsp3) is 0.300. The first-order chi connectivity index (χ1) is 15.1. The average Bonchev–Trinajstić information content (AvgIpc) is 3.46. The third-order valence-electron chi connectivity index (χ3n) is 4.72. The van der Waals surface area contributed by atoms with Gasteiger partial charge >= 0.3 is 12.1 Å². The summed E-state index contributed by atoms with van der Waals surface area (Å²) >= 11 is 0. The molecule has 0 aliphatic heterocycles. The molecule has 0 atom stereocenters. The van der Waals surface area contributed by atoms with E-state index in [1.165, 1.54) is 18.4 Å². The molecule has 32 heavy (non-hydrogen) atoms. The number of carbonyl (C=O) groups excluding carboxylic acids is 1. The van der Waals surface area contributed by atoms with Crippen LogP contribution in [0.25, 0.3) is 22.8 Å². The lowest BCUT2D eigenvalue weighted by Crippen LogP contribution is -2.14. The van der Waals surface area contributed by atoms with Gasteiger partial charge in [-0.3, -0.25) is 4.68 Å². The molecule has 0 unspecified atom stereocenters. The molecule has 0 fully saturated rings. The smallest absolute Gasteiger partial charge is 0.433 e. The zero-order valence-corrected chi connectivity index (χ0v) is 17.7. The normalized spacial score (nSPS) is 11.4. The lowest BCUT2D eigenvalue weighted by molar-refractivity contribution is -0.142. The molecule has 0 saturated heterocycles. The van der Waals surface area contributed by atoms with Crippen LogP contribution in [0.4, 0.5) is 13.2 Å². The Kier molecular flexibility index (Phi) is 6.35. The number of alkyl halides is 3. The SMILES string of the molecule is COC(=O)c1cc2nc(-c3ccco3)cc(C(F)(F)F)n2n1.Cc1nn(C)c(C)c1C[NH-]. The van der Waals surface area contributed by atoms with Crippen molar-refractivity contribution in [1.29, 1.82) is 0 Å². The van der Waals surface area contributed by atoms with Gasteiger partial charge in [0.05, 0.1) is 19.1 Å². The van der Waals surface area contributed by atoms with Gasteiger partial charge in [0.25, 0.3) is 0 Å². The van der Waals surface area contributed by atoms with Crippen LogP contribution in [0.3, 0.4) is 0 Å². The van der Waals surface area contributed by atoms with Crippen LogP contribution in [0.15, 0.2) is 34.9 Å². The second-order valence-corrected chi connectivity index (χ2v) is 6.74. The number of nitrogens with one attached hydrogen (secondary N) is 1. The summed E-state index contributed by atoms with van der Waals surface area (Å²) in [6, 6.07) is 4.94. The van der Waals surface area contributed by atoms with Gasteiger partial charge in [-0.15, -0.1) is 6.54 Å². The Labute approximate surface area is 180 Å². The fourth-order valence-corrected chi connectivity index (χ4v) is 3.00.